The summed E-state index contributed by atoms with van der Waals surface area (Å²) in [4.78, 5) is 8.30. The average Bonchev–Trinajstić information content (AvgIpc) is 2.85. The van der Waals surface area contributed by atoms with E-state index in [4.69, 9.17) is 11.6 Å². The zero-order valence-corrected chi connectivity index (χ0v) is 12.2. The molecule has 0 aliphatic carbocycles. The predicted octanol–water partition coefficient (Wildman–Crippen LogP) is 1.33. The number of nitrogens with zero attached hydrogens (tertiary/aromatic N) is 4. The Balaban J connectivity index is 1.85. The number of rotatable bonds is 4. The molecule has 0 fully saturated rings. The van der Waals surface area contributed by atoms with Crippen molar-refractivity contribution in [2.75, 3.05) is 7.05 Å². The van der Waals surface area contributed by atoms with Gasteiger partial charge in [-0.2, -0.15) is 5.10 Å². The lowest BCUT2D eigenvalue weighted by Crippen LogP contribution is -2.36. The van der Waals surface area contributed by atoms with Crippen molar-refractivity contribution in [2.45, 2.75) is 13.1 Å². The van der Waals surface area contributed by atoms with Crippen LogP contribution in [-0.2, 0) is 20.1 Å². The first-order valence-corrected chi connectivity index (χ1v) is 6.58. The number of guanidine groups is 1. The van der Waals surface area contributed by atoms with Gasteiger partial charge in [-0.15, -0.1) is 0 Å². The highest BCUT2D eigenvalue weighted by atomic mass is 35.5. The fourth-order valence-electron chi connectivity index (χ4n) is 1.70. The van der Waals surface area contributed by atoms with Crippen LogP contribution in [-0.4, -0.2) is 27.8 Å². The molecule has 20 heavy (non-hydrogen) atoms. The highest BCUT2D eigenvalue weighted by Gasteiger charge is 2.03. The van der Waals surface area contributed by atoms with Crippen LogP contribution in [0.3, 0.4) is 0 Å². The van der Waals surface area contributed by atoms with Crippen LogP contribution >= 0.6 is 11.6 Å². The van der Waals surface area contributed by atoms with Crippen molar-refractivity contribution in [3.05, 3.63) is 47.0 Å². The molecule has 1 aromatic carbocycles. The molecule has 1 aromatic heterocycles. The number of hydrogen-bond acceptors (Lipinski definition) is 3. The Hall–Kier alpha value is -2.08. The zero-order chi connectivity index (χ0) is 14.4. The molecule has 0 spiro atoms. The van der Waals surface area contributed by atoms with E-state index < -0.39 is 0 Å². The topological polar surface area (TPSA) is 67.1 Å². The molecule has 0 radical (unpaired) electrons. The first kappa shape index (κ1) is 14.3. The van der Waals surface area contributed by atoms with E-state index in [0.29, 0.717) is 19.0 Å². The molecule has 6 nitrogen and oxygen atoms in total. The van der Waals surface area contributed by atoms with E-state index in [-0.39, 0.29) is 0 Å². The second-order valence-corrected chi connectivity index (χ2v) is 4.65. The molecule has 0 aliphatic heterocycles. The van der Waals surface area contributed by atoms with Crippen LogP contribution in [0.15, 0.2) is 35.6 Å². The molecular formula is C13H17ClN6. The first-order chi connectivity index (χ1) is 9.69. The molecule has 2 N–H and O–H groups in total. The van der Waals surface area contributed by atoms with Gasteiger partial charge in [0.25, 0.3) is 0 Å². The van der Waals surface area contributed by atoms with Gasteiger partial charge in [0.05, 0.1) is 6.54 Å². The van der Waals surface area contributed by atoms with Crippen LogP contribution in [0.1, 0.15) is 11.4 Å². The summed E-state index contributed by atoms with van der Waals surface area (Å²) >= 11 is 5.95. The summed E-state index contributed by atoms with van der Waals surface area (Å²) in [6.45, 7) is 1.21. The zero-order valence-electron chi connectivity index (χ0n) is 11.5. The lowest BCUT2D eigenvalue weighted by molar-refractivity contribution is 0.672. The number of nitrogens with one attached hydrogen (secondary N) is 2. The van der Waals surface area contributed by atoms with E-state index in [9.17, 15) is 0 Å². The van der Waals surface area contributed by atoms with E-state index in [1.54, 1.807) is 11.7 Å². The molecule has 0 atom stereocenters. The lowest BCUT2D eigenvalue weighted by atomic mass is 10.2. The van der Waals surface area contributed by atoms with Crippen molar-refractivity contribution < 1.29 is 0 Å². The molecule has 0 bridgehead atoms. The van der Waals surface area contributed by atoms with Crippen LogP contribution in [0.25, 0.3) is 0 Å². The maximum Gasteiger partial charge on any atom is 0.191 e. The fourth-order valence-corrected chi connectivity index (χ4v) is 1.91. The summed E-state index contributed by atoms with van der Waals surface area (Å²) in [6.07, 6.45) is 1.53. The number of hydrogen-bond donors (Lipinski definition) is 2. The third kappa shape index (κ3) is 3.96. The Labute approximate surface area is 122 Å². The van der Waals surface area contributed by atoms with Crippen LogP contribution in [0, 0.1) is 0 Å². The molecule has 2 rings (SSSR count). The van der Waals surface area contributed by atoms with E-state index in [2.05, 4.69) is 25.7 Å². The Morgan fingerprint density at radius 2 is 2.15 bits per heavy atom. The minimum Gasteiger partial charge on any atom is -0.352 e. The summed E-state index contributed by atoms with van der Waals surface area (Å²) in [5, 5.41) is 11.1. The molecule has 0 saturated heterocycles. The SMILES string of the molecule is CN=C(NCc1cccc(Cl)c1)NCc1ncnn1C. The highest BCUT2D eigenvalue weighted by molar-refractivity contribution is 6.30. The summed E-state index contributed by atoms with van der Waals surface area (Å²) in [7, 11) is 3.58. The lowest BCUT2D eigenvalue weighted by Gasteiger charge is -2.11. The largest absolute Gasteiger partial charge is 0.352 e. The van der Waals surface area contributed by atoms with Crippen LogP contribution < -0.4 is 10.6 Å². The minimum atomic E-state index is 0.561. The molecule has 2 aromatic rings. The van der Waals surface area contributed by atoms with Crippen LogP contribution in [0.5, 0.6) is 0 Å². The van der Waals surface area contributed by atoms with Crippen LogP contribution in [0.2, 0.25) is 5.02 Å². The van der Waals surface area contributed by atoms with Gasteiger partial charge in [0.15, 0.2) is 5.96 Å². The van der Waals surface area contributed by atoms with Crippen molar-refractivity contribution in [3.8, 4) is 0 Å². The number of halogens is 1. The van der Waals surface area contributed by atoms with Crippen molar-refractivity contribution in [1.29, 1.82) is 0 Å². The van der Waals surface area contributed by atoms with Gasteiger partial charge in [-0.3, -0.25) is 9.67 Å². The van der Waals surface area contributed by atoms with Gasteiger partial charge in [0.1, 0.15) is 12.2 Å². The van der Waals surface area contributed by atoms with Crippen LogP contribution in [0.4, 0.5) is 0 Å². The highest BCUT2D eigenvalue weighted by Crippen LogP contribution is 2.10. The molecule has 106 valence electrons. The van der Waals surface area contributed by atoms with E-state index in [1.165, 1.54) is 6.33 Å². The van der Waals surface area contributed by atoms with Gasteiger partial charge >= 0.3 is 0 Å². The standard InChI is InChI=1S/C13H17ClN6/c1-15-13(17-8-12-18-9-19-20(12)2)16-7-10-4-3-5-11(14)6-10/h3-6,9H,7-8H2,1-2H3,(H2,15,16,17). The molecule has 0 unspecified atom stereocenters. The van der Waals surface area contributed by atoms with Gasteiger partial charge in [0, 0.05) is 25.7 Å². The maximum atomic E-state index is 5.95. The van der Waals surface area contributed by atoms with Gasteiger partial charge in [-0.25, -0.2) is 4.98 Å². The van der Waals surface area contributed by atoms with Crippen molar-refractivity contribution >= 4 is 17.6 Å². The second kappa shape index (κ2) is 6.91. The summed E-state index contributed by atoms with van der Waals surface area (Å²) < 4.78 is 1.72. The molecule has 0 amide bonds. The molecule has 1 heterocycles. The van der Waals surface area contributed by atoms with Gasteiger partial charge < -0.3 is 10.6 Å². The summed E-state index contributed by atoms with van der Waals surface area (Å²) in [5.74, 6) is 1.55. The second-order valence-electron chi connectivity index (χ2n) is 4.21. The number of aryl methyl sites for hydroxylation is 1. The first-order valence-electron chi connectivity index (χ1n) is 6.21. The van der Waals surface area contributed by atoms with Crippen molar-refractivity contribution in [2.24, 2.45) is 12.0 Å². The Morgan fingerprint density at radius 3 is 2.80 bits per heavy atom. The third-order valence-corrected chi connectivity index (χ3v) is 3.03. The average molecular weight is 293 g/mol. The Kier molecular flexibility index (Phi) is 4.95. The van der Waals surface area contributed by atoms with Gasteiger partial charge in [0.2, 0.25) is 0 Å². The molecule has 0 saturated carbocycles. The normalized spacial score (nSPS) is 11.4. The molecular weight excluding hydrogens is 276 g/mol. The van der Waals surface area contributed by atoms with Gasteiger partial charge in [-0.05, 0) is 17.7 Å². The molecule has 7 heteroatoms. The summed E-state index contributed by atoms with van der Waals surface area (Å²) in [6, 6.07) is 7.71. The Morgan fingerprint density at radius 1 is 1.35 bits per heavy atom. The van der Waals surface area contributed by atoms with Crippen molar-refractivity contribution in [1.82, 2.24) is 25.4 Å². The number of aromatic nitrogens is 3. The number of aliphatic imine (C=N–C) groups is 1. The Bertz CT molecular complexity index is 592. The van der Waals surface area contributed by atoms with E-state index in [0.717, 1.165) is 16.4 Å². The third-order valence-electron chi connectivity index (χ3n) is 2.79. The molecule has 0 aliphatic rings. The number of benzene rings is 1. The fraction of sp³-hybridized carbons (Fsp3) is 0.308. The monoisotopic (exact) mass is 292 g/mol. The smallest absolute Gasteiger partial charge is 0.191 e. The predicted molar refractivity (Wildman–Crippen MR) is 79.5 cm³/mol. The minimum absolute atomic E-state index is 0.561. The van der Waals surface area contributed by atoms with E-state index in [1.807, 2.05) is 31.3 Å². The quantitative estimate of drug-likeness (QED) is 0.659. The van der Waals surface area contributed by atoms with Gasteiger partial charge in [-0.1, -0.05) is 23.7 Å². The summed E-state index contributed by atoms with van der Waals surface area (Å²) in [5.41, 5.74) is 1.10. The van der Waals surface area contributed by atoms with E-state index >= 15 is 0 Å². The maximum absolute atomic E-state index is 5.95. The van der Waals surface area contributed by atoms with Crippen molar-refractivity contribution in [3.63, 3.8) is 0 Å².